The average Bonchev–Trinajstić information content (AvgIpc) is 3.13. The molecular weight excluding hydrogens is 350 g/mol. The Morgan fingerprint density at radius 3 is 2.75 bits per heavy atom. The van der Waals surface area contributed by atoms with Gasteiger partial charge >= 0.3 is 0 Å². The number of hydrogen-bond donors (Lipinski definition) is 1. The van der Waals surface area contributed by atoms with Gasteiger partial charge in [0.05, 0.1) is 0 Å². The second kappa shape index (κ2) is 11.1. The molecule has 0 aromatic heterocycles. The van der Waals surface area contributed by atoms with Crippen molar-refractivity contribution in [3.05, 3.63) is 35.4 Å². The first-order chi connectivity index (χ1) is 13.5. The van der Waals surface area contributed by atoms with Gasteiger partial charge in [-0.1, -0.05) is 19.1 Å². The van der Waals surface area contributed by atoms with Gasteiger partial charge in [0.1, 0.15) is 0 Å². The molecular formula is C22H37N5O. The number of guanidine groups is 1. The van der Waals surface area contributed by atoms with Gasteiger partial charge < -0.3 is 15.1 Å². The highest BCUT2D eigenvalue weighted by atomic mass is 16.2. The predicted molar refractivity (Wildman–Crippen MR) is 117 cm³/mol. The number of carbonyl (C=O) groups is 1. The third-order valence-corrected chi connectivity index (χ3v) is 5.33. The molecule has 1 saturated heterocycles. The monoisotopic (exact) mass is 387 g/mol. The molecule has 6 nitrogen and oxygen atoms in total. The Balaban J connectivity index is 1.97. The predicted octanol–water partition coefficient (Wildman–Crippen LogP) is 2.31. The minimum Gasteiger partial charge on any atom is -0.357 e. The molecule has 0 spiro atoms. The van der Waals surface area contributed by atoms with Gasteiger partial charge in [-0.15, -0.1) is 0 Å². The smallest absolute Gasteiger partial charge is 0.253 e. The Morgan fingerprint density at radius 2 is 2.07 bits per heavy atom. The number of carbonyl (C=O) groups excluding carboxylic acids is 1. The summed E-state index contributed by atoms with van der Waals surface area (Å²) in [6.07, 6.45) is 3.38. The van der Waals surface area contributed by atoms with E-state index in [-0.39, 0.29) is 5.91 Å². The third-order valence-electron chi connectivity index (χ3n) is 5.33. The standard InChI is InChI=1S/C22H37N5O/c1-6-23-22(26(5)17-20-12-9-15-27(20)7-2)24-14-13-18-10-8-11-19(16-18)21(28)25(3)4/h8,10-11,16,20H,6-7,9,12-15,17H2,1-5H3,(H,23,24). The second-order valence-corrected chi connectivity index (χ2v) is 7.69. The van der Waals surface area contributed by atoms with Gasteiger partial charge in [0.25, 0.3) is 5.91 Å². The summed E-state index contributed by atoms with van der Waals surface area (Å²) in [6, 6.07) is 8.48. The molecule has 28 heavy (non-hydrogen) atoms. The molecule has 1 aromatic carbocycles. The van der Waals surface area contributed by atoms with Crippen LogP contribution < -0.4 is 5.32 Å². The van der Waals surface area contributed by atoms with Crippen LogP contribution in [0.2, 0.25) is 0 Å². The highest BCUT2D eigenvalue weighted by Gasteiger charge is 2.24. The summed E-state index contributed by atoms with van der Waals surface area (Å²) in [4.78, 5) is 23.4. The van der Waals surface area contributed by atoms with E-state index in [1.807, 2.05) is 18.2 Å². The molecule has 1 aliphatic rings. The van der Waals surface area contributed by atoms with Crippen molar-refractivity contribution < 1.29 is 4.79 Å². The van der Waals surface area contributed by atoms with Crippen molar-refractivity contribution in [3.63, 3.8) is 0 Å². The maximum absolute atomic E-state index is 12.1. The molecule has 1 aromatic rings. The quantitative estimate of drug-likeness (QED) is 0.549. The first kappa shape index (κ1) is 22.2. The molecule has 0 bridgehead atoms. The normalized spacial score (nSPS) is 17.6. The first-order valence-corrected chi connectivity index (χ1v) is 10.5. The maximum atomic E-state index is 12.1. The molecule has 0 aliphatic carbocycles. The Bertz CT molecular complexity index is 658. The van der Waals surface area contributed by atoms with E-state index in [1.54, 1.807) is 19.0 Å². The number of hydrogen-bond acceptors (Lipinski definition) is 3. The summed E-state index contributed by atoms with van der Waals surface area (Å²) < 4.78 is 0. The summed E-state index contributed by atoms with van der Waals surface area (Å²) >= 11 is 0. The van der Waals surface area contributed by atoms with Crippen molar-refractivity contribution in [2.75, 3.05) is 53.9 Å². The summed E-state index contributed by atoms with van der Waals surface area (Å²) in [5.74, 6) is 1.00. The fourth-order valence-electron chi connectivity index (χ4n) is 3.80. The fourth-order valence-corrected chi connectivity index (χ4v) is 3.80. The summed E-state index contributed by atoms with van der Waals surface area (Å²) in [5.41, 5.74) is 1.87. The van der Waals surface area contributed by atoms with Crippen LogP contribution in [0, 0.1) is 0 Å². The van der Waals surface area contributed by atoms with Gasteiger partial charge in [0, 0.05) is 52.4 Å². The molecule has 1 unspecified atom stereocenters. The molecule has 156 valence electrons. The van der Waals surface area contributed by atoms with E-state index < -0.39 is 0 Å². The highest BCUT2D eigenvalue weighted by molar-refractivity contribution is 5.94. The van der Waals surface area contributed by atoms with Crippen LogP contribution in [0.1, 0.15) is 42.6 Å². The Labute approximate surface area is 170 Å². The van der Waals surface area contributed by atoms with E-state index in [4.69, 9.17) is 4.99 Å². The molecule has 0 saturated carbocycles. The zero-order chi connectivity index (χ0) is 20.5. The van der Waals surface area contributed by atoms with Crippen LogP contribution in [0.4, 0.5) is 0 Å². The molecule has 1 fully saturated rings. The molecule has 1 atom stereocenters. The fraction of sp³-hybridized carbons (Fsp3) is 0.636. The van der Waals surface area contributed by atoms with Gasteiger partial charge in [0.2, 0.25) is 0 Å². The van der Waals surface area contributed by atoms with Crippen LogP contribution in [0.25, 0.3) is 0 Å². The lowest BCUT2D eigenvalue weighted by molar-refractivity contribution is 0.0827. The van der Waals surface area contributed by atoms with Crippen molar-refractivity contribution in [1.82, 2.24) is 20.0 Å². The molecule has 1 N–H and O–H groups in total. The van der Waals surface area contributed by atoms with Gasteiger partial charge in [-0.25, -0.2) is 0 Å². The number of likely N-dealkylation sites (N-methyl/N-ethyl adjacent to an activating group) is 2. The summed E-state index contributed by atoms with van der Waals surface area (Å²) in [7, 11) is 5.69. The molecule has 1 amide bonds. The van der Waals surface area contributed by atoms with Crippen molar-refractivity contribution in [2.24, 2.45) is 4.99 Å². The number of benzene rings is 1. The van der Waals surface area contributed by atoms with Crippen LogP contribution in [-0.4, -0.2) is 86.5 Å². The Hall–Kier alpha value is -2.08. The third kappa shape index (κ3) is 6.23. The number of likely N-dealkylation sites (tertiary alicyclic amines) is 1. The van der Waals surface area contributed by atoms with Gasteiger partial charge in [-0.3, -0.25) is 14.7 Å². The Kier molecular flexibility index (Phi) is 8.77. The van der Waals surface area contributed by atoms with Gasteiger partial charge in [-0.05, 0) is 57.0 Å². The van der Waals surface area contributed by atoms with Crippen LogP contribution in [0.3, 0.4) is 0 Å². The average molecular weight is 388 g/mol. The molecule has 2 rings (SSSR count). The van der Waals surface area contributed by atoms with Crippen LogP contribution in [0.5, 0.6) is 0 Å². The lowest BCUT2D eigenvalue weighted by atomic mass is 10.1. The lowest BCUT2D eigenvalue weighted by Crippen LogP contribution is -2.46. The lowest BCUT2D eigenvalue weighted by Gasteiger charge is -2.29. The van der Waals surface area contributed by atoms with Crippen molar-refractivity contribution in [1.29, 1.82) is 0 Å². The number of amides is 1. The van der Waals surface area contributed by atoms with Crippen LogP contribution >= 0.6 is 0 Å². The van der Waals surface area contributed by atoms with E-state index >= 15 is 0 Å². The van der Waals surface area contributed by atoms with E-state index in [9.17, 15) is 4.79 Å². The second-order valence-electron chi connectivity index (χ2n) is 7.69. The minimum atomic E-state index is 0.0375. The van der Waals surface area contributed by atoms with Gasteiger partial charge in [0.15, 0.2) is 5.96 Å². The first-order valence-electron chi connectivity index (χ1n) is 10.5. The van der Waals surface area contributed by atoms with E-state index in [0.29, 0.717) is 12.6 Å². The number of rotatable bonds is 8. The number of nitrogens with one attached hydrogen (secondary N) is 1. The van der Waals surface area contributed by atoms with Crippen molar-refractivity contribution in [3.8, 4) is 0 Å². The van der Waals surface area contributed by atoms with Crippen LogP contribution in [0.15, 0.2) is 29.3 Å². The van der Waals surface area contributed by atoms with Crippen molar-refractivity contribution in [2.45, 2.75) is 39.2 Å². The zero-order valence-electron chi connectivity index (χ0n) is 18.2. The van der Waals surface area contributed by atoms with E-state index in [2.05, 4.69) is 42.1 Å². The van der Waals surface area contributed by atoms with E-state index in [1.165, 1.54) is 19.4 Å². The largest absolute Gasteiger partial charge is 0.357 e. The molecule has 1 aliphatic heterocycles. The van der Waals surface area contributed by atoms with Crippen LogP contribution in [-0.2, 0) is 6.42 Å². The van der Waals surface area contributed by atoms with Gasteiger partial charge in [-0.2, -0.15) is 0 Å². The topological polar surface area (TPSA) is 51.2 Å². The Morgan fingerprint density at radius 1 is 1.29 bits per heavy atom. The highest BCUT2D eigenvalue weighted by Crippen LogP contribution is 2.17. The molecule has 6 heteroatoms. The van der Waals surface area contributed by atoms with Crippen molar-refractivity contribution >= 4 is 11.9 Å². The maximum Gasteiger partial charge on any atom is 0.253 e. The SMILES string of the molecule is CCNC(=NCCc1cccc(C(=O)N(C)C)c1)N(C)CC1CCCN1CC. The molecule has 1 heterocycles. The summed E-state index contributed by atoms with van der Waals surface area (Å²) in [6.45, 7) is 9.25. The zero-order valence-corrected chi connectivity index (χ0v) is 18.2. The minimum absolute atomic E-state index is 0.0375. The number of nitrogens with zero attached hydrogens (tertiary/aromatic N) is 4. The number of aliphatic imine (C=N–C) groups is 1. The van der Waals surface area contributed by atoms with E-state index in [0.717, 1.165) is 43.1 Å². The molecule has 0 radical (unpaired) electrons. The summed E-state index contributed by atoms with van der Waals surface area (Å²) in [5, 5.41) is 3.42.